The van der Waals surface area contributed by atoms with Crippen LogP contribution in [0.2, 0.25) is 0 Å². The Kier molecular flexibility index (Phi) is 23.8. The standard InChI is InChI=1S/C21H38O3.Na.H/c1-3-5-6-7-8-9-10-11-12-13-14-15-16-17-18-19-21(23)24-20(22)4-2;;/h11-12H,3-10,13-19H2,1-2H3;;/q;+1;-1/b12-11-;;. The monoisotopic (exact) mass is 362 g/mol. The first-order valence-corrected chi connectivity index (χ1v) is 10.1. The van der Waals surface area contributed by atoms with Crippen molar-refractivity contribution in [3.05, 3.63) is 12.2 Å². The predicted molar refractivity (Wildman–Crippen MR) is 102 cm³/mol. The number of ether oxygens (including phenoxy) is 1. The fraction of sp³-hybridized carbons (Fsp3) is 0.810. The Morgan fingerprint density at radius 1 is 0.720 bits per heavy atom. The van der Waals surface area contributed by atoms with Gasteiger partial charge in [-0.15, -0.1) is 0 Å². The molecule has 0 radical (unpaired) electrons. The maximum absolute atomic E-state index is 11.3. The molecule has 0 spiro atoms. The summed E-state index contributed by atoms with van der Waals surface area (Å²) in [6.45, 7) is 3.95. The Hall–Kier alpha value is -0.120. The molecule has 0 aromatic heterocycles. The molecule has 0 atom stereocenters. The van der Waals surface area contributed by atoms with Crippen molar-refractivity contribution >= 4 is 11.9 Å². The molecule has 0 N–H and O–H groups in total. The molecule has 0 aliphatic rings. The van der Waals surface area contributed by atoms with Gasteiger partial charge in [0.2, 0.25) is 0 Å². The minimum absolute atomic E-state index is 0. The SMILES string of the molecule is CCCCCCCC/C=C\CCCCCCCC(=O)OC(=O)CC.[H-].[Na+]. The first-order valence-electron chi connectivity index (χ1n) is 10.1. The van der Waals surface area contributed by atoms with E-state index in [0.29, 0.717) is 6.42 Å². The largest absolute Gasteiger partial charge is 1.00 e. The van der Waals surface area contributed by atoms with Crippen LogP contribution in [0.5, 0.6) is 0 Å². The van der Waals surface area contributed by atoms with Crippen LogP contribution in [0.1, 0.15) is 112 Å². The van der Waals surface area contributed by atoms with Gasteiger partial charge < -0.3 is 6.16 Å². The van der Waals surface area contributed by atoms with Crippen LogP contribution in [0.25, 0.3) is 0 Å². The number of rotatable bonds is 16. The second-order valence-electron chi connectivity index (χ2n) is 6.53. The third-order valence-electron chi connectivity index (χ3n) is 4.16. The Morgan fingerprint density at radius 3 is 1.72 bits per heavy atom. The smallest absolute Gasteiger partial charge is 1.00 e. The maximum Gasteiger partial charge on any atom is 1.00 e. The summed E-state index contributed by atoms with van der Waals surface area (Å²) in [6.07, 6.45) is 21.3. The van der Waals surface area contributed by atoms with Gasteiger partial charge in [0.1, 0.15) is 0 Å². The molecule has 25 heavy (non-hydrogen) atoms. The van der Waals surface area contributed by atoms with Crippen LogP contribution in [0.3, 0.4) is 0 Å². The molecule has 0 amide bonds. The van der Waals surface area contributed by atoms with E-state index in [2.05, 4.69) is 23.8 Å². The first-order chi connectivity index (χ1) is 11.7. The summed E-state index contributed by atoms with van der Waals surface area (Å²) in [5, 5.41) is 0. The van der Waals surface area contributed by atoms with Gasteiger partial charge in [0.25, 0.3) is 0 Å². The average molecular weight is 363 g/mol. The molecule has 4 heteroatoms. The predicted octanol–water partition coefficient (Wildman–Crippen LogP) is 3.62. The normalized spacial score (nSPS) is 10.6. The Morgan fingerprint density at radius 2 is 1.20 bits per heavy atom. The van der Waals surface area contributed by atoms with Gasteiger partial charge in [0.05, 0.1) is 0 Å². The number of hydrogen-bond acceptors (Lipinski definition) is 3. The summed E-state index contributed by atoms with van der Waals surface area (Å²) >= 11 is 0. The van der Waals surface area contributed by atoms with Crippen molar-refractivity contribution in [2.24, 2.45) is 0 Å². The number of carbonyl (C=O) groups excluding carboxylic acids is 2. The van der Waals surface area contributed by atoms with Crippen molar-refractivity contribution < 1.29 is 45.3 Å². The van der Waals surface area contributed by atoms with Crippen molar-refractivity contribution in [1.82, 2.24) is 0 Å². The van der Waals surface area contributed by atoms with Gasteiger partial charge in [-0.1, -0.05) is 77.4 Å². The first kappa shape index (κ1) is 27.1. The molecule has 0 aliphatic heterocycles. The molecule has 0 fully saturated rings. The number of esters is 2. The van der Waals surface area contributed by atoms with Crippen molar-refractivity contribution in [1.29, 1.82) is 0 Å². The van der Waals surface area contributed by atoms with Crippen LogP contribution >= 0.6 is 0 Å². The summed E-state index contributed by atoms with van der Waals surface area (Å²) in [5.41, 5.74) is 0. The fourth-order valence-electron chi connectivity index (χ4n) is 2.59. The Balaban J connectivity index is -0.00000264. The van der Waals surface area contributed by atoms with E-state index in [1.807, 2.05) is 0 Å². The third kappa shape index (κ3) is 21.8. The van der Waals surface area contributed by atoms with E-state index >= 15 is 0 Å². The van der Waals surface area contributed by atoms with Gasteiger partial charge in [-0.25, -0.2) is 0 Å². The molecular formula is C21H39NaO3. The summed E-state index contributed by atoms with van der Waals surface area (Å²) in [5.74, 6) is -0.799. The van der Waals surface area contributed by atoms with Gasteiger partial charge >= 0.3 is 41.5 Å². The number of carbonyl (C=O) groups is 2. The van der Waals surface area contributed by atoms with Crippen molar-refractivity contribution in [2.75, 3.05) is 0 Å². The van der Waals surface area contributed by atoms with Crippen molar-refractivity contribution in [2.45, 2.75) is 110 Å². The van der Waals surface area contributed by atoms with Crippen molar-refractivity contribution in [3.63, 3.8) is 0 Å². The van der Waals surface area contributed by atoms with Gasteiger partial charge in [-0.3, -0.25) is 9.59 Å². The number of unbranched alkanes of at least 4 members (excludes halogenated alkanes) is 11. The molecule has 0 aromatic rings. The Bertz CT molecular complexity index is 346. The summed E-state index contributed by atoms with van der Waals surface area (Å²) in [4.78, 5) is 22.2. The quantitative estimate of drug-likeness (QED) is 0.138. The number of hydrogen-bond donors (Lipinski definition) is 0. The zero-order valence-corrected chi connectivity index (χ0v) is 19.0. The molecule has 0 unspecified atom stereocenters. The van der Waals surface area contributed by atoms with E-state index in [4.69, 9.17) is 0 Å². The molecule has 0 rings (SSSR count). The van der Waals surface area contributed by atoms with E-state index < -0.39 is 5.97 Å². The van der Waals surface area contributed by atoms with Crippen LogP contribution in [0.4, 0.5) is 0 Å². The fourth-order valence-corrected chi connectivity index (χ4v) is 2.59. The molecule has 0 bridgehead atoms. The summed E-state index contributed by atoms with van der Waals surface area (Å²) < 4.78 is 4.63. The molecule has 0 heterocycles. The van der Waals surface area contributed by atoms with Gasteiger partial charge in [0.15, 0.2) is 0 Å². The molecule has 0 aliphatic carbocycles. The second-order valence-corrected chi connectivity index (χ2v) is 6.53. The van der Waals surface area contributed by atoms with Crippen molar-refractivity contribution in [3.8, 4) is 0 Å². The van der Waals surface area contributed by atoms with E-state index in [0.717, 1.165) is 19.3 Å². The van der Waals surface area contributed by atoms with E-state index in [1.165, 1.54) is 64.2 Å². The van der Waals surface area contributed by atoms with Crippen LogP contribution in [0.15, 0.2) is 12.2 Å². The second kappa shape index (κ2) is 21.9. The molecule has 0 saturated heterocycles. The zero-order valence-electron chi connectivity index (χ0n) is 18.0. The maximum atomic E-state index is 11.3. The molecule has 142 valence electrons. The average Bonchev–Trinajstić information content (AvgIpc) is 2.58. The van der Waals surface area contributed by atoms with E-state index in [1.54, 1.807) is 6.92 Å². The topological polar surface area (TPSA) is 43.4 Å². The minimum atomic E-state index is -0.423. The van der Waals surface area contributed by atoms with Crippen LogP contribution in [0, 0.1) is 0 Å². The minimum Gasteiger partial charge on any atom is -1.00 e. The Labute approximate surface area is 179 Å². The summed E-state index contributed by atoms with van der Waals surface area (Å²) in [6, 6.07) is 0. The van der Waals surface area contributed by atoms with Gasteiger partial charge in [0, 0.05) is 12.8 Å². The van der Waals surface area contributed by atoms with Gasteiger partial charge in [-0.2, -0.15) is 0 Å². The molecule has 0 saturated carbocycles. The van der Waals surface area contributed by atoms with Gasteiger partial charge in [-0.05, 0) is 32.1 Å². The summed E-state index contributed by atoms with van der Waals surface area (Å²) in [7, 11) is 0. The molecular weight excluding hydrogens is 323 g/mol. The van der Waals surface area contributed by atoms with E-state index in [-0.39, 0.29) is 43.4 Å². The van der Waals surface area contributed by atoms with Crippen LogP contribution < -0.4 is 29.6 Å². The molecule has 3 nitrogen and oxygen atoms in total. The molecule has 0 aromatic carbocycles. The van der Waals surface area contributed by atoms with E-state index in [9.17, 15) is 9.59 Å². The van der Waals surface area contributed by atoms with Crippen LogP contribution in [-0.2, 0) is 14.3 Å². The van der Waals surface area contributed by atoms with Crippen LogP contribution in [-0.4, -0.2) is 11.9 Å². The zero-order chi connectivity index (χ0) is 17.9. The third-order valence-corrected chi connectivity index (χ3v) is 4.16. The number of allylic oxidation sites excluding steroid dienone is 2.